The summed E-state index contributed by atoms with van der Waals surface area (Å²) < 4.78 is 13.4. The molecule has 1 aliphatic heterocycles. The van der Waals surface area contributed by atoms with Gasteiger partial charge in [-0.15, -0.1) is 0 Å². The van der Waals surface area contributed by atoms with Crippen molar-refractivity contribution in [3.63, 3.8) is 0 Å². The summed E-state index contributed by atoms with van der Waals surface area (Å²) in [6, 6.07) is 3.76. The summed E-state index contributed by atoms with van der Waals surface area (Å²) in [7, 11) is 0. The third-order valence-corrected chi connectivity index (χ3v) is 4.05. The average molecular weight is 263 g/mol. The normalized spacial score (nSPS) is 30.1. The van der Waals surface area contributed by atoms with Gasteiger partial charge in [0.05, 0.1) is 5.92 Å². The minimum absolute atomic E-state index is 0.124. The lowest BCUT2D eigenvalue weighted by Gasteiger charge is -2.32. The molecule has 1 aliphatic carbocycles. The molecule has 2 atom stereocenters. The van der Waals surface area contributed by atoms with Gasteiger partial charge in [0, 0.05) is 17.7 Å². The largest absolute Gasteiger partial charge is 0.375 e. The van der Waals surface area contributed by atoms with Crippen molar-refractivity contribution >= 4 is 17.4 Å². The molecule has 3 rings (SSSR count). The van der Waals surface area contributed by atoms with Crippen molar-refractivity contribution in [2.45, 2.75) is 31.3 Å². The van der Waals surface area contributed by atoms with E-state index in [0.717, 1.165) is 18.9 Å². The Kier molecular flexibility index (Phi) is 2.67. The van der Waals surface area contributed by atoms with E-state index >= 15 is 0 Å². The molecule has 1 aromatic rings. The lowest BCUT2D eigenvalue weighted by Crippen LogP contribution is -2.46. The fourth-order valence-corrected chi connectivity index (χ4v) is 3.05. The van der Waals surface area contributed by atoms with Crippen LogP contribution in [0.4, 0.5) is 10.1 Å². The van der Waals surface area contributed by atoms with Crippen LogP contribution < -0.4 is 5.32 Å². The van der Waals surface area contributed by atoms with Crippen molar-refractivity contribution in [3.8, 4) is 0 Å². The number of hydrogen-bond acceptors (Lipinski definition) is 3. The van der Waals surface area contributed by atoms with E-state index in [4.69, 9.17) is 0 Å². The van der Waals surface area contributed by atoms with E-state index < -0.39 is 23.2 Å². The number of amides is 1. The van der Waals surface area contributed by atoms with E-state index in [1.165, 1.54) is 12.1 Å². The number of carbonyl (C=O) groups is 2. The molecule has 2 N–H and O–H groups in total. The number of ketones is 1. The lowest BCUT2D eigenvalue weighted by atomic mass is 9.73. The molecule has 1 aromatic carbocycles. The smallest absolute Gasteiger partial charge is 0.261 e. The number of carbonyl (C=O) groups excluding carboxylic acids is 2. The van der Waals surface area contributed by atoms with Crippen LogP contribution in [-0.4, -0.2) is 16.8 Å². The van der Waals surface area contributed by atoms with Crippen molar-refractivity contribution in [3.05, 3.63) is 29.6 Å². The van der Waals surface area contributed by atoms with E-state index in [9.17, 15) is 19.1 Å². The van der Waals surface area contributed by atoms with E-state index in [1.807, 2.05) is 0 Å². The highest BCUT2D eigenvalue weighted by atomic mass is 19.1. The van der Waals surface area contributed by atoms with Crippen LogP contribution in [0.3, 0.4) is 0 Å². The average Bonchev–Trinajstić information content (AvgIpc) is 2.64. The van der Waals surface area contributed by atoms with Crippen LogP contribution in [-0.2, 0) is 15.2 Å². The Morgan fingerprint density at radius 2 is 2.11 bits per heavy atom. The van der Waals surface area contributed by atoms with Gasteiger partial charge in [-0.2, -0.15) is 0 Å². The van der Waals surface area contributed by atoms with Gasteiger partial charge in [-0.05, 0) is 31.0 Å². The van der Waals surface area contributed by atoms with Crippen LogP contribution in [0.5, 0.6) is 0 Å². The Morgan fingerprint density at radius 3 is 2.84 bits per heavy atom. The highest BCUT2D eigenvalue weighted by molar-refractivity contribution is 6.08. The number of hydrogen-bond donors (Lipinski definition) is 2. The monoisotopic (exact) mass is 263 g/mol. The van der Waals surface area contributed by atoms with Crippen LogP contribution in [0.15, 0.2) is 18.2 Å². The zero-order valence-corrected chi connectivity index (χ0v) is 10.3. The second-order valence-corrected chi connectivity index (χ2v) is 5.18. The predicted molar refractivity (Wildman–Crippen MR) is 65.9 cm³/mol. The van der Waals surface area contributed by atoms with E-state index in [2.05, 4.69) is 5.32 Å². The zero-order valence-electron chi connectivity index (χ0n) is 10.3. The third kappa shape index (κ3) is 1.69. The Morgan fingerprint density at radius 1 is 1.32 bits per heavy atom. The summed E-state index contributed by atoms with van der Waals surface area (Å²) >= 11 is 0. The molecule has 0 unspecified atom stereocenters. The molecule has 2 aliphatic rings. The summed E-state index contributed by atoms with van der Waals surface area (Å²) in [6.07, 6.45) is 2.39. The van der Waals surface area contributed by atoms with Crippen molar-refractivity contribution in [1.29, 1.82) is 0 Å². The Bertz CT molecular complexity index is 572. The molecule has 100 valence electrons. The quantitative estimate of drug-likeness (QED) is 0.810. The van der Waals surface area contributed by atoms with Gasteiger partial charge in [0.25, 0.3) is 5.91 Å². The number of fused-ring (bicyclic) bond motifs is 1. The SMILES string of the molecule is O=C1CCCC[C@H]1[C@]1(O)C(=O)Nc2ccc(F)cc21. The van der Waals surface area contributed by atoms with Gasteiger partial charge in [0.15, 0.2) is 5.60 Å². The molecule has 1 saturated carbocycles. The molecule has 1 heterocycles. The molecule has 19 heavy (non-hydrogen) atoms. The van der Waals surface area contributed by atoms with E-state index in [0.29, 0.717) is 18.5 Å². The topological polar surface area (TPSA) is 66.4 Å². The molecular formula is C14H14FNO3. The van der Waals surface area contributed by atoms with Gasteiger partial charge in [-0.1, -0.05) is 6.42 Å². The van der Waals surface area contributed by atoms with Crippen LogP contribution in [0.1, 0.15) is 31.2 Å². The fraction of sp³-hybridized carbons (Fsp3) is 0.429. The number of aliphatic hydroxyl groups is 1. The molecule has 0 spiro atoms. The maximum atomic E-state index is 13.4. The molecule has 5 heteroatoms. The van der Waals surface area contributed by atoms with Gasteiger partial charge < -0.3 is 10.4 Å². The minimum atomic E-state index is -1.92. The van der Waals surface area contributed by atoms with Crippen LogP contribution >= 0.6 is 0 Å². The molecule has 4 nitrogen and oxygen atoms in total. The fourth-order valence-electron chi connectivity index (χ4n) is 3.05. The third-order valence-electron chi connectivity index (χ3n) is 4.05. The maximum absolute atomic E-state index is 13.4. The van der Waals surface area contributed by atoms with Gasteiger partial charge in [-0.25, -0.2) is 4.39 Å². The molecular weight excluding hydrogens is 249 g/mol. The Balaban J connectivity index is 2.10. The second kappa shape index (κ2) is 4.13. The molecule has 0 bridgehead atoms. The number of benzene rings is 1. The molecule has 1 amide bonds. The first-order valence-corrected chi connectivity index (χ1v) is 6.40. The number of rotatable bonds is 1. The molecule has 0 saturated heterocycles. The summed E-state index contributed by atoms with van der Waals surface area (Å²) in [6.45, 7) is 0. The van der Waals surface area contributed by atoms with Gasteiger partial charge in [0.1, 0.15) is 11.6 Å². The van der Waals surface area contributed by atoms with Gasteiger partial charge in [-0.3, -0.25) is 9.59 Å². The summed E-state index contributed by atoms with van der Waals surface area (Å²) in [4.78, 5) is 24.1. The highest BCUT2D eigenvalue weighted by Crippen LogP contribution is 2.45. The molecule has 1 fully saturated rings. The van der Waals surface area contributed by atoms with Gasteiger partial charge >= 0.3 is 0 Å². The first-order chi connectivity index (χ1) is 9.03. The Labute approximate surface area is 109 Å². The zero-order chi connectivity index (χ0) is 13.6. The highest BCUT2D eigenvalue weighted by Gasteiger charge is 2.54. The standard InChI is InChI=1S/C14H14FNO3/c15-8-5-6-11-10(7-8)14(19,13(18)16-11)9-3-1-2-4-12(9)17/h5-7,9,19H,1-4H2,(H,16,18)/t9-,14-/m1/s1. The number of halogens is 1. The maximum Gasteiger partial charge on any atom is 0.261 e. The van der Waals surface area contributed by atoms with Crippen molar-refractivity contribution in [2.24, 2.45) is 5.92 Å². The van der Waals surface area contributed by atoms with E-state index in [1.54, 1.807) is 0 Å². The lowest BCUT2D eigenvalue weighted by molar-refractivity contribution is -0.150. The molecule has 0 aromatic heterocycles. The number of Topliss-reactive ketones (excluding diaryl/α,β-unsaturated/α-hetero) is 1. The van der Waals surface area contributed by atoms with Crippen molar-refractivity contribution in [2.75, 3.05) is 5.32 Å². The summed E-state index contributed by atoms with van der Waals surface area (Å²) in [5, 5.41) is 13.3. The Hall–Kier alpha value is -1.75. The first kappa shape index (κ1) is 12.3. The predicted octanol–water partition coefficient (Wildman–Crippen LogP) is 1.72. The van der Waals surface area contributed by atoms with Gasteiger partial charge in [0.2, 0.25) is 0 Å². The van der Waals surface area contributed by atoms with Crippen LogP contribution in [0.2, 0.25) is 0 Å². The number of nitrogens with one attached hydrogen (secondary N) is 1. The van der Waals surface area contributed by atoms with Crippen molar-refractivity contribution in [1.82, 2.24) is 0 Å². The minimum Gasteiger partial charge on any atom is -0.375 e. The first-order valence-electron chi connectivity index (χ1n) is 6.40. The van der Waals surface area contributed by atoms with Crippen LogP contribution in [0, 0.1) is 11.7 Å². The second-order valence-electron chi connectivity index (χ2n) is 5.18. The summed E-state index contributed by atoms with van der Waals surface area (Å²) in [5.41, 5.74) is -1.36. The number of anilines is 1. The summed E-state index contributed by atoms with van der Waals surface area (Å²) in [5.74, 6) is -2.06. The van der Waals surface area contributed by atoms with E-state index in [-0.39, 0.29) is 11.3 Å². The molecule has 0 radical (unpaired) electrons. The van der Waals surface area contributed by atoms with Crippen molar-refractivity contribution < 1.29 is 19.1 Å². The van der Waals surface area contributed by atoms with Crippen LogP contribution in [0.25, 0.3) is 0 Å².